The molecule has 0 aliphatic carbocycles. The first-order chi connectivity index (χ1) is 12.5. The highest BCUT2D eigenvalue weighted by atomic mass is 35.5. The molecule has 0 atom stereocenters. The number of nitrogens with one attached hydrogen (secondary N) is 2. The Morgan fingerprint density at radius 3 is 2.77 bits per heavy atom. The molecule has 1 aliphatic heterocycles. The lowest BCUT2D eigenvalue weighted by molar-refractivity contribution is 0.0912. The number of piperidine rings is 1. The first kappa shape index (κ1) is 18.9. The normalized spacial score (nSPS) is 16.4. The lowest BCUT2D eigenvalue weighted by atomic mass is 9.81. The van der Waals surface area contributed by atoms with Crippen molar-refractivity contribution >= 4 is 17.5 Å². The van der Waals surface area contributed by atoms with E-state index in [0.717, 1.165) is 50.3 Å². The van der Waals surface area contributed by atoms with Gasteiger partial charge in [-0.15, -0.1) is 5.10 Å². The molecule has 1 aromatic heterocycles. The molecule has 0 saturated carbocycles. The Kier molecular flexibility index (Phi) is 5.94. The van der Waals surface area contributed by atoms with Crippen molar-refractivity contribution in [3.8, 4) is 5.69 Å². The largest absolute Gasteiger partial charge is 0.349 e. The number of hydrogen-bond acceptors (Lipinski definition) is 4. The van der Waals surface area contributed by atoms with Gasteiger partial charge in [-0.2, -0.15) is 0 Å². The van der Waals surface area contributed by atoms with Crippen LogP contribution in [-0.2, 0) is 6.42 Å². The molecule has 0 radical (unpaired) electrons. The number of para-hydroxylation sites is 1. The number of halogens is 1. The molecular weight excluding hydrogens is 350 g/mol. The molecule has 0 bridgehead atoms. The zero-order chi connectivity index (χ0) is 18.6. The molecule has 2 heterocycles. The summed E-state index contributed by atoms with van der Waals surface area (Å²) < 4.78 is 1.69. The van der Waals surface area contributed by atoms with E-state index in [1.807, 2.05) is 24.3 Å². The van der Waals surface area contributed by atoms with E-state index in [4.69, 9.17) is 11.6 Å². The molecule has 1 fully saturated rings. The fraction of sp³-hybridized carbons (Fsp3) is 0.526. The Morgan fingerprint density at radius 2 is 2.08 bits per heavy atom. The van der Waals surface area contributed by atoms with Crippen LogP contribution in [0.3, 0.4) is 0 Å². The van der Waals surface area contributed by atoms with E-state index in [0.29, 0.717) is 11.6 Å². The van der Waals surface area contributed by atoms with Crippen molar-refractivity contribution in [2.45, 2.75) is 39.5 Å². The minimum absolute atomic E-state index is 0.123. The van der Waals surface area contributed by atoms with Gasteiger partial charge in [-0.3, -0.25) is 4.79 Å². The van der Waals surface area contributed by atoms with E-state index in [1.165, 1.54) is 0 Å². The SMILES string of the molecule is CCCc1nc(C(=O)NCC2(C)CCNCC2)nn1-c1ccccc1Cl. The van der Waals surface area contributed by atoms with Crippen LogP contribution in [0, 0.1) is 5.41 Å². The third kappa shape index (κ3) is 4.24. The first-order valence-electron chi connectivity index (χ1n) is 9.22. The number of carbonyl (C=O) groups excluding carboxylic acids is 1. The average Bonchev–Trinajstić information content (AvgIpc) is 3.05. The highest BCUT2D eigenvalue weighted by Crippen LogP contribution is 2.27. The summed E-state index contributed by atoms with van der Waals surface area (Å²) in [4.78, 5) is 17.1. The van der Waals surface area contributed by atoms with Gasteiger partial charge in [0.1, 0.15) is 5.82 Å². The van der Waals surface area contributed by atoms with E-state index in [1.54, 1.807) is 4.68 Å². The molecule has 3 rings (SSSR count). The van der Waals surface area contributed by atoms with E-state index >= 15 is 0 Å². The molecule has 2 aromatic rings. The van der Waals surface area contributed by atoms with Gasteiger partial charge in [0.25, 0.3) is 5.91 Å². The predicted octanol–water partition coefficient (Wildman–Crippen LogP) is 2.99. The molecule has 26 heavy (non-hydrogen) atoms. The van der Waals surface area contributed by atoms with Crippen molar-refractivity contribution in [1.82, 2.24) is 25.4 Å². The van der Waals surface area contributed by atoms with Crippen LogP contribution in [0.1, 0.15) is 49.6 Å². The molecule has 1 amide bonds. The third-order valence-electron chi connectivity index (χ3n) is 4.92. The number of nitrogens with zero attached hydrogens (tertiary/aromatic N) is 3. The Hall–Kier alpha value is -1.92. The average molecular weight is 376 g/mol. The van der Waals surface area contributed by atoms with Crippen LogP contribution < -0.4 is 10.6 Å². The minimum Gasteiger partial charge on any atom is -0.349 e. The molecule has 0 spiro atoms. The fourth-order valence-electron chi connectivity index (χ4n) is 3.22. The number of hydrogen-bond donors (Lipinski definition) is 2. The van der Waals surface area contributed by atoms with Crippen LogP contribution in [0.15, 0.2) is 24.3 Å². The van der Waals surface area contributed by atoms with Crippen molar-refractivity contribution in [1.29, 1.82) is 0 Å². The molecular formula is C19H26ClN5O. The minimum atomic E-state index is -0.229. The van der Waals surface area contributed by atoms with E-state index in [9.17, 15) is 4.79 Å². The Balaban J connectivity index is 1.78. The molecule has 6 nitrogen and oxygen atoms in total. The second-order valence-corrected chi connectivity index (χ2v) is 7.62. The maximum absolute atomic E-state index is 12.6. The Labute approximate surface area is 159 Å². The van der Waals surface area contributed by atoms with Crippen molar-refractivity contribution in [2.24, 2.45) is 5.41 Å². The summed E-state index contributed by atoms with van der Waals surface area (Å²) in [6.07, 6.45) is 3.75. The van der Waals surface area contributed by atoms with Gasteiger partial charge in [0.15, 0.2) is 0 Å². The van der Waals surface area contributed by atoms with Gasteiger partial charge in [0.2, 0.25) is 5.82 Å². The van der Waals surface area contributed by atoms with Crippen LogP contribution in [0.5, 0.6) is 0 Å². The topological polar surface area (TPSA) is 71.8 Å². The maximum Gasteiger partial charge on any atom is 0.291 e. The quantitative estimate of drug-likeness (QED) is 0.814. The number of benzene rings is 1. The molecule has 1 saturated heterocycles. The molecule has 140 valence electrons. The van der Waals surface area contributed by atoms with Crippen LogP contribution in [-0.4, -0.2) is 40.3 Å². The summed E-state index contributed by atoms with van der Waals surface area (Å²) in [5, 5.41) is 11.4. The van der Waals surface area contributed by atoms with Gasteiger partial charge in [0, 0.05) is 13.0 Å². The smallest absolute Gasteiger partial charge is 0.291 e. The first-order valence-corrected chi connectivity index (χ1v) is 9.60. The Morgan fingerprint density at radius 1 is 1.35 bits per heavy atom. The summed E-state index contributed by atoms with van der Waals surface area (Å²) in [6.45, 7) is 6.91. The van der Waals surface area contributed by atoms with Crippen LogP contribution in [0.2, 0.25) is 5.02 Å². The molecule has 0 unspecified atom stereocenters. The second-order valence-electron chi connectivity index (χ2n) is 7.21. The predicted molar refractivity (Wildman–Crippen MR) is 103 cm³/mol. The number of aromatic nitrogens is 3. The van der Waals surface area contributed by atoms with E-state index in [-0.39, 0.29) is 17.1 Å². The van der Waals surface area contributed by atoms with Crippen molar-refractivity contribution in [2.75, 3.05) is 19.6 Å². The number of amides is 1. The van der Waals surface area contributed by atoms with Crippen molar-refractivity contribution in [3.63, 3.8) is 0 Å². The Bertz CT molecular complexity index is 767. The number of rotatable bonds is 6. The molecule has 2 N–H and O–H groups in total. The monoisotopic (exact) mass is 375 g/mol. The lowest BCUT2D eigenvalue weighted by Gasteiger charge is -2.33. The second kappa shape index (κ2) is 8.18. The molecule has 1 aromatic carbocycles. The summed E-state index contributed by atoms with van der Waals surface area (Å²) >= 11 is 6.31. The fourth-order valence-corrected chi connectivity index (χ4v) is 3.44. The van der Waals surface area contributed by atoms with Gasteiger partial charge in [-0.1, -0.05) is 37.6 Å². The summed E-state index contributed by atoms with van der Waals surface area (Å²) in [5.74, 6) is 0.720. The van der Waals surface area contributed by atoms with Crippen molar-refractivity contribution in [3.05, 3.63) is 40.9 Å². The number of aryl methyl sites for hydroxylation is 1. The number of carbonyl (C=O) groups is 1. The molecule has 1 aliphatic rings. The van der Waals surface area contributed by atoms with Gasteiger partial charge >= 0.3 is 0 Å². The molecule has 7 heteroatoms. The zero-order valence-corrected chi connectivity index (χ0v) is 16.1. The summed E-state index contributed by atoms with van der Waals surface area (Å²) in [6, 6.07) is 7.46. The van der Waals surface area contributed by atoms with Gasteiger partial charge in [-0.25, -0.2) is 9.67 Å². The van der Waals surface area contributed by atoms with E-state index < -0.39 is 0 Å². The van der Waals surface area contributed by atoms with Crippen LogP contribution >= 0.6 is 11.6 Å². The maximum atomic E-state index is 12.6. The highest BCUT2D eigenvalue weighted by Gasteiger charge is 2.28. The lowest BCUT2D eigenvalue weighted by Crippen LogP contribution is -2.43. The van der Waals surface area contributed by atoms with Gasteiger partial charge in [-0.05, 0) is 49.9 Å². The highest BCUT2D eigenvalue weighted by molar-refractivity contribution is 6.32. The summed E-state index contributed by atoms with van der Waals surface area (Å²) in [7, 11) is 0. The van der Waals surface area contributed by atoms with Crippen molar-refractivity contribution < 1.29 is 4.79 Å². The van der Waals surface area contributed by atoms with Crippen LogP contribution in [0.25, 0.3) is 5.69 Å². The standard InChI is InChI=1S/C19H26ClN5O/c1-3-6-16-23-17(24-25(16)15-8-5-4-7-14(15)20)18(26)22-13-19(2)9-11-21-12-10-19/h4-5,7-8,21H,3,6,9-13H2,1-2H3,(H,22,26). The summed E-state index contributed by atoms with van der Waals surface area (Å²) in [5.41, 5.74) is 0.868. The third-order valence-corrected chi connectivity index (χ3v) is 5.24. The van der Waals surface area contributed by atoms with Gasteiger partial charge in [0.05, 0.1) is 10.7 Å². The van der Waals surface area contributed by atoms with Gasteiger partial charge < -0.3 is 10.6 Å². The van der Waals surface area contributed by atoms with Crippen LogP contribution in [0.4, 0.5) is 0 Å². The van der Waals surface area contributed by atoms with E-state index in [2.05, 4.69) is 34.6 Å². The zero-order valence-electron chi connectivity index (χ0n) is 15.4.